The summed E-state index contributed by atoms with van der Waals surface area (Å²) in [6.45, 7) is 2.12. The number of nitrogens with zero attached hydrogens (tertiary/aromatic N) is 1. The summed E-state index contributed by atoms with van der Waals surface area (Å²) in [5.74, 6) is -11.4. The van der Waals surface area contributed by atoms with Gasteiger partial charge in [0.15, 0.2) is 34.6 Å². The third-order valence-electron chi connectivity index (χ3n) is 8.83. The van der Waals surface area contributed by atoms with Gasteiger partial charge in [0.2, 0.25) is 11.5 Å². The van der Waals surface area contributed by atoms with Gasteiger partial charge in [0.25, 0.3) is 21.8 Å². The molecule has 21 nitrogen and oxygen atoms in total. The number of halogens is 5. The van der Waals surface area contributed by atoms with E-state index < -0.39 is 146 Å². The molecule has 0 saturated carbocycles. The average molecular weight is 1070 g/mol. The van der Waals surface area contributed by atoms with Crippen LogP contribution >= 0.6 is 18.9 Å². The highest BCUT2D eigenvalue weighted by atomic mass is 32.2. The second kappa shape index (κ2) is 23.0. The van der Waals surface area contributed by atoms with E-state index in [0.717, 1.165) is 45.9 Å². The van der Waals surface area contributed by atoms with Gasteiger partial charge in [-0.1, -0.05) is 0 Å². The lowest BCUT2D eigenvalue weighted by Gasteiger charge is -2.16. The zero-order valence-corrected chi connectivity index (χ0v) is 39.9. The topological polar surface area (TPSA) is 298 Å². The number of hydrogen-bond donors (Lipinski definition) is 4. The standard InChI is InChI=1S/C43H36F5N4O17PS2/c1-21(53)65-31-9-6-25(15-33(31)67-23(3)55)41(57)50-11-13-63-38-36(44)29-18-35(72(61,62)52-20-70(59,60)69-28-8-5-27(19-49)30(17-28)43(46,47)48)71-40(29)37(45)39(38)64-14-12-51-42(58)26-7-10-32(66-22(2)54)34(16-26)68-24(4)56/h5-10,15-18,52H,11-14,20H2,1-4H3,(H,50,57)(H,51,58)(H,59,60). The van der Waals surface area contributed by atoms with Gasteiger partial charge < -0.3 is 48.5 Å². The van der Waals surface area contributed by atoms with Crippen molar-refractivity contribution in [2.24, 2.45) is 0 Å². The van der Waals surface area contributed by atoms with Crippen LogP contribution in [-0.4, -0.2) is 81.6 Å². The Labute approximate surface area is 407 Å². The van der Waals surface area contributed by atoms with Gasteiger partial charge in [0, 0.05) is 44.2 Å². The van der Waals surface area contributed by atoms with Crippen LogP contribution in [0.4, 0.5) is 22.0 Å². The molecule has 382 valence electrons. The predicted octanol–water partition coefficient (Wildman–Crippen LogP) is 5.89. The number of thiophene rings is 1. The van der Waals surface area contributed by atoms with Crippen LogP contribution in [0.2, 0.25) is 0 Å². The molecule has 0 aliphatic heterocycles. The van der Waals surface area contributed by atoms with Gasteiger partial charge in [-0.3, -0.25) is 28.8 Å². The van der Waals surface area contributed by atoms with E-state index in [1.807, 2.05) is 0 Å². The maximum atomic E-state index is 16.4. The first-order chi connectivity index (χ1) is 33.7. The quantitative estimate of drug-likeness (QED) is 0.0232. The van der Waals surface area contributed by atoms with Crippen molar-refractivity contribution in [2.45, 2.75) is 38.1 Å². The monoisotopic (exact) mass is 1070 g/mol. The molecule has 1 unspecified atom stereocenters. The van der Waals surface area contributed by atoms with Crippen molar-refractivity contribution in [3.8, 4) is 46.3 Å². The molecular formula is C43H36F5N4O17PS2. The number of esters is 4. The number of nitrogens with one attached hydrogen (secondary N) is 3. The molecule has 0 aliphatic rings. The van der Waals surface area contributed by atoms with Gasteiger partial charge in [0.1, 0.15) is 29.5 Å². The minimum Gasteiger partial charge on any atom is -0.485 e. The maximum absolute atomic E-state index is 16.4. The van der Waals surface area contributed by atoms with Crippen LogP contribution < -0.4 is 48.3 Å². The van der Waals surface area contributed by atoms with Gasteiger partial charge >= 0.3 is 37.6 Å². The molecule has 4 aromatic carbocycles. The number of amides is 2. The van der Waals surface area contributed by atoms with Gasteiger partial charge in [-0.2, -0.15) is 23.2 Å². The van der Waals surface area contributed by atoms with Crippen molar-refractivity contribution >= 4 is 74.7 Å². The van der Waals surface area contributed by atoms with Crippen molar-refractivity contribution in [1.29, 1.82) is 5.26 Å². The Hall–Kier alpha value is -7.70. The fourth-order valence-electron chi connectivity index (χ4n) is 5.94. The number of alkyl halides is 3. The zero-order chi connectivity index (χ0) is 53.3. The molecular weight excluding hydrogens is 1030 g/mol. The fraction of sp³-hybridized carbons (Fsp3) is 0.233. The Morgan fingerprint density at radius 2 is 1.18 bits per heavy atom. The molecule has 0 fully saturated rings. The van der Waals surface area contributed by atoms with Crippen LogP contribution in [0.15, 0.2) is 64.9 Å². The average Bonchev–Trinajstić information content (AvgIpc) is 3.76. The molecule has 5 aromatic rings. The third kappa shape index (κ3) is 14.4. The Bertz CT molecular complexity index is 3060. The van der Waals surface area contributed by atoms with E-state index in [1.54, 1.807) is 4.72 Å². The van der Waals surface area contributed by atoms with Crippen molar-refractivity contribution in [3.05, 3.63) is 94.6 Å². The van der Waals surface area contributed by atoms with E-state index in [0.29, 0.717) is 12.1 Å². The minimum atomic E-state index is -5.17. The van der Waals surface area contributed by atoms with Crippen molar-refractivity contribution in [3.63, 3.8) is 0 Å². The molecule has 1 aromatic heterocycles. The smallest absolute Gasteiger partial charge is 0.417 e. The Balaban J connectivity index is 1.38. The Kier molecular flexibility index (Phi) is 17.7. The molecule has 0 radical (unpaired) electrons. The Morgan fingerprint density at radius 1 is 0.708 bits per heavy atom. The fourth-order valence-corrected chi connectivity index (χ4v) is 9.88. The highest BCUT2D eigenvalue weighted by Crippen LogP contribution is 2.46. The SMILES string of the molecule is CC(=O)Oc1ccc(C(=O)NCCOc2c(OCCNC(=O)c3ccc(OC(C)=O)c(OC(C)=O)c3)c(F)c3sc(S(=O)(=O)NCP(=O)(O)Oc4ccc(C#N)c(C(F)(F)F)c4)cc3c2F)cc1OC(C)=O. The summed E-state index contributed by atoms with van der Waals surface area (Å²) in [5.41, 5.74) is -2.60. The number of fused-ring (bicyclic) bond motifs is 1. The molecule has 4 N–H and O–H groups in total. The molecule has 1 heterocycles. The van der Waals surface area contributed by atoms with Gasteiger partial charge in [-0.25, -0.2) is 21.8 Å². The number of rotatable bonds is 20. The van der Waals surface area contributed by atoms with Crippen molar-refractivity contribution in [2.75, 3.05) is 32.6 Å². The summed E-state index contributed by atoms with van der Waals surface area (Å²) < 4.78 is 149. The predicted molar refractivity (Wildman–Crippen MR) is 237 cm³/mol. The van der Waals surface area contributed by atoms with Crippen LogP contribution in [0.25, 0.3) is 10.1 Å². The number of benzene rings is 4. The Morgan fingerprint density at radius 3 is 1.64 bits per heavy atom. The van der Waals surface area contributed by atoms with Gasteiger partial charge in [-0.05, 0) is 60.7 Å². The largest absolute Gasteiger partial charge is 0.485 e. The molecule has 72 heavy (non-hydrogen) atoms. The van der Waals surface area contributed by atoms with E-state index >= 15 is 8.78 Å². The van der Waals surface area contributed by atoms with E-state index in [1.165, 1.54) is 30.3 Å². The van der Waals surface area contributed by atoms with Gasteiger partial charge in [0.05, 0.1) is 35.0 Å². The first kappa shape index (κ1) is 55.2. The summed E-state index contributed by atoms with van der Waals surface area (Å²) in [7, 11) is -10.2. The van der Waals surface area contributed by atoms with Crippen LogP contribution in [0, 0.1) is 23.0 Å². The summed E-state index contributed by atoms with van der Waals surface area (Å²) in [6.07, 6.45) is -6.55. The van der Waals surface area contributed by atoms with E-state index in [-0.39, 0.29) is 51.5 Å². The molecule has 0 bridgehead atoms. The van der Waals surface area contributed by atoms with E-state index in [9.17, 15) is 59.8 Å². The molecule has 0 saturated heterocycles. The number of nitriles is 1. The lowest BCUT2D eigenvalue weighted by Crippen LogP contribution is -2.29. The highest BCUT2D eigenvalue weighted by molar-refractivity contribution is 7.92. The number of carbonyl (C=O) groups is 6. The van der Waals surface area contributed by atoms with E-state index in [4.69, 9.17) is 38.2 Å². The van der Waals surface area contributed by atoms with Crippen molar-refractivity contribution < 1.29 is 102 Å². The highest BCUT2D eigenvalue weighted by Gasteiger charge is 2.36. The van der Waals surface area contributed by atoms with Crippen molar-refractivity contribution in [1.82, 2.24) is 15.4 Å². The lowest BCUT2D eigenvalue weighted by atomic mass is 10.1. The number of carbonyl (C=O) groups excluding carboxylic acids is 6. The number of hydrogen-bond acceptors (Lipinski definition) is 18. The summed E-state index contributed by atoms with van der Waals surface area (Å²) >= 11 is 0.0998. The molecule has 29 heteroatoms. The first-order valence-electron chi connectivity index (χ1n) is 20.1. The minimum absolute atomic E-state index is 0.0998. The summed E-state index contributed by atoms with van der Waals surface area (Å²) in [4.78, 5) is 82.6. The molecule has 5 rings (SSSR count). The number of sulfonamides is 1. The van der Waals surface area contributed by atoms with Crippen LogP contribution in [-0.2, 0) is 39.9 Å². The van der Waals surface area contributed by atoms with Crippen LogP contribution in [0.1, 0.15) is 59.5 Å². The molecule has 0 aliphatic carbocycles. The normalized spacial score (nSPS) is 12.1. The lowest BCUT2D eigenvalue weighted by molar-refractivity contribution is -0.138. The molecule has 1 atom stereocenters. The molecule has 2 amide bonds. The number of ether oxygens (including phenoxy) is 6. The molecule has 0 spiro atoms. The van der Waals surface area contributed by atoms with Crippen LogP contribution in [0.5, 0.6) is 40.2 Å². The second-order valence-corrected chi connectivity index (χ2v) is 19.2. The second-order valence-electron chi connectivity index (χ2n) is 14.4. The first-order valence-corrected chi connectivity index (χ1v) is 24.2. The zero-order valence-electron chi connectivity index (χ0n) is 37.4. The summed E-state index contributed by atoms with van der Waals surface area (Å²) in [5, 5.41) is 13.1. The van der Waals surface area contributed by atoms with Crippen LogP contribution in [0.3, 0.4) is 0 Å². The van der Waals surface area contributed by atoms with E-state index in [2.05, 4.69) is 10.6 Å². The van der Waals surface area contributed by atoms with Gasteiger partial charge in [-0.15, -0.1) is 11.3 Å². The third-order valence-corrected chi connectivity index (χ3v) is 13.1. The summed E-state index contributed by atoms with van der Waals surface area (Å²) in [6, 6.07) is 10.5. The maximum Gasteiger partial charge on any atom is 0.417 e.